The van der Waals surface area contributed by atoms with Gasteiger partial charge in [0.25, 0.3) is 5.56 Å². The molecule has 136 valence electrons. The van der Waals surface area contributed by atoms with Gasteiger partial charge in [-0.2, -0.15) is 4.98 Å². The molecule has 1 aromatic carbocycles. The zero-order chi connectivity index (χ0) is 18.3. The predicted molar refractivity (Wildman–Crippen MR) is 102 cm³/mol. The van der Waals surface area contributed by atoms with Crippen LogP contribution in [-0.2, 0) is 13.6 Å². The van der Waals surface area contributed by atoms with Gasteiger partial charge in [0.1, 0.15) is 0 Å². The second-order valence-corrected chi connectivity index (χ2v) is 7.01. The number of aromatic amines is 1. The molecule has 1 N–H and O–H groups in total. The van der Waals surface area contributed by atoms with E-state index in [9.17, 15) is 9.59 Å². The van der Waals surface area contributed by atoms with Crippen molar-refractivity contribution >= 4 is 17.1 Å². The maximum atomic E-state index is 12.6. The zero-order valence-corrected chi connectivity index (χ0v) is 15.1. The van der Waals surface area contributed by atoms with Crippen LogP contribution in [0.5, 0.6) is 0 Å². The average molecular weight is 353 g/mol. The topological polar surface area (TPSA) is 75.9 Å². The van der Waals surface area contributed by atoms with Crippen LogP contribution < -0.4 is 16.1 Å². The van der Waals surface area contributed by atoms with E-state index in [0.717, 1.165) is 30.9 Å². The lowest BCUT2D eigenvalue weighted by molar-refractivity contribution is 0.472. The second kappa shape index (κ2) is 6.48. The minimum atomic E-state index is -0.440. The lowest BCUT2D eigenvalue weighted by atomic mass is 10.0. The third-order valence-electron chi connectivity index (χ3n) is 5.23. The van der Waals surface area contributed by atoms with Crippen molar-refractivity contribution in [3.63, 3.8) is 0 Å². The fourth-order valence-electron chi connectivity index (χ4n) is 3.75. The van der Waals surface area contributed by atoms with Gasteiger partial charge < -0.3 is 4.90 Å². The van der Waals surface area contributed by atoms with E-state index in [4.69, 9.17) is 4.98 Å². The molecular formula is C19H23N5O2. The van der Waals surface area contributed by atoms with Crippen LogP contribution in [0.25, 0.3) is 11.2 Å². The van der Waals surface area contributed by atoms with Crippen molar-refractivity contribution < 1.29 is 0 Å². The summed E-state index contributed by atoms with van der Waals surface area (Å²) in [5, 5.41) is 0. The normalized spacial score (nSPS) is 17.8. The molecule has 1 fully saturated rings. The van der Waals surface area contributed by atoms with Gasteiger partial charge >= 0.3 is 5.69 Å². The van der Waals surface area contributed by atoms with Gasteiger partial charge in [0, 0.05) is 19.6 Å². The molecule has 1 atom stereocenters. The number of nitrogens with zero attached hydrogens (tertiary/aromatic N) is 4. The Labute approximate surface area is 150 Å². The lowest BCUT2D eigenvalue weighted by Crippen LogP contribution is -2.39. The van der Waals surface area contributed by atoms with Gasteiger partial charge in [0.15, 0.2) is 11.2 Å². The SMILES string of the molecule is C[C@H]1CCCCN1c1nc2c(c(=O)[nH]c(=O)n2C)n1Cc1ccccc1. The van der Waals surface area contributed by atoms with Crippen LogP contribution in [0.1, 0.15) is 31.7 Å². The molecule has 0 spiro atoms. The molecule has 0 amide bonds. The highest BCUT2D eigenvalue weighted by molar-refractivity contribution is 5.74. The van der Waals surface area contributed by atoms with Crippen LogP contribution in [0.3, 0.4) is 0 Å². The average Bonchev–Trinajstić information content (AvgIpc) is 3.01. The Morgan fingerprint density at radius 1 is 1.19 bits per heavy atom. The zero-order valence-electron chi connectivity index (χ0n) is 15.1. The van der Waals surface area contributed by atoms with E-state index in [-0.39, 0.29) is 5.56 Å². The van der Waals surface area contributed by atoms with Crippen molar-refractivity contribution in [2.45, 2.75) is 38.8 Å². The number of piperidine rings is 1. The van der Waals surface area contributed by atoms with Gasteiger partial charge in [-0.15, -0.1) is 0 Å². The number of aromatic nitrogens is 4. The molecule has 7 heteroatoms. The number of benzene rings is 1. The number of fused-ring (bicyclic) bond motifs is 1. The van der Waals surface area contributed by atoms with Gasteiger partial charge in [-0.1, -0.05) is 30.3 Å². The number of hydrogen-bond donors (Lipinski definition) is 1. The van der Waals surface area contributed by atoms with Crippen LogP contribution in [0.15, 0.2) is 39.9 Å². The van der Waals surface area contributed by atoms with Crippen LogP contribution >= 0.6 is 0 Å². The van der Waals surface area contributed by atoms with Crippen molar-refractivity contribution in [2.75, 3.05) is 11.4 Å². The maximum Gasteiger partial charge on any atom is 0.329 e. The quantitative estimate of drug-likeness (QED) is 0.780. The van der Waals surface area contributed by atoms with Gasteiger partial charge in [0.2, 0.25) is 5.95 Å². The third-order valence-corrected chi connectivity index (χ3v) is 5.23. The summed E-state index contributed by atoms with van der Waals surface area (Å²) in [7, 11) is 1.64. The van der Waals surface area contributed by atoms with Crippen LogP contribution in [0, 0.1) is 0 Å². The molecule has 2 aromatic heterocycles. The Balaban J connectivity index is 1.96. The number of aryl methyl sites for hydroxylation is 1. The Morgan fingerprint density at radius 2 is 1.96 bits per heavy atom. The van der Waals surface area contributed by atoms with Crippen molar-refractivity contribution in [3.8, 4) is 0 Å². The van der Waals surface area contributed by atoms with E-state index >= 15 is 0 Å². The second-order valence-electron chi connectivity index (χ2n) is 7.01. The highest BCUT2D eigenvalue weighted by Crippen LogP contribution is 2.27. The smallest absolute Gasteiger partial charge is 0.329 e. The molecule has 3 heterocycles. The summed E-state index contributed by atoms with van der Waals surface area (Å²) in [6, 6.07) is 10.4. The van der Waals surface area contributed by atoms with E-state index in [2.05, 4.69) is 16.8 Å². The third kappa shape index (κ3) is 2.73. The summed E-state index contributed by atoms with van der Waals surface area (Å²) >= 11 is 0. The van der Waals surface area contributed by atoms with Gasteiger partial charge in [-0.05, 0) is 31.7 Å². The molecule has 7 nitrogen and oxygen atoms in total. The molecule has 1 aliphatic rings. The summed E-state index contributed by atoms with van der Waals surface area (Å²) in [6.07, 6.45) is 3.41. The summed E-state index contributed by atoms with van der Waals surface area (Å²) in [6.45, 7) is 3.64. The molecule has 1 aliphatic heterocycles. The molecule has 4 rings (SSSR count). The van der Waals surface area contributed by atoms with E-state index in [1.807, 2.05) is 34.9 Å². The number of imidazole rings is 1. The van der Waals surface area contributed by atoms with E-state index in [0.29, 0.717) is 23.8 Å². The summed E-state index contributed by atoms with van der Waals surface area (Å²) in [5.41, 5.74) is 1.14. The Bertz CT molecular complexity index is 1050. The fourth-order valence-corrected chi connectivity index (χ4v) is 3.75. The number of rotatable bonds is 3. The monoisotopic (exact) mass is 353 g/mol. The molecule has 0 bridgehead atoms. The molecule has 0 aliphatic carbocycles. The largest absolute Gasteiger partial charge is 0.339 e. The first-order valence-electron chi connectivity index (χ1n) is 9.06. The van der Waals surface area contributed by atoms with E-state index in [1.54, 1.807) is 7.05 Å². The number of anilines is 1. The van der Waals surface area contributed by atoms with Gasteiger partial charge in [-0.3, -0.25) is 18.9 Å². The molecule has 0 radical (unpaired) electrons. The van der Waals surface area contributed by atoms with Crippen LogP contribution in [0.2, 0.25) is 0 Å². The predicted octanol–water partition coefficient (Wildman–Crippen LogP) is 1.85. The van der Waals surface area contributed by atoms with Gasteiger partial charge in [-0.25, -0.2) is 4.79 Å². The van der Waals surface area contributed by atoms with Crippen molar-refractivity contribution in [1.82, 2.24) is 19.1 Å². The summed E-state index contributed by atoms with van der Waals surface area (Å²) < 4.78 is 3.36. The maximum absolute atomic E-state index is 12.6. The molecular weight excluding hydrogens is 330 g/mol. The van der Waals surface area contributed by atoms with Crippen molar-refractivity contribution in [3.05, 3.63) is 56.7 Å². The van der Waals surface area contributed by atoms with Crippen LogP contribution in [0.4, 0.5) is 5.95 Å². The van der Waals surface area contributed by atoms with E-state index in [1.165, 1.54) is 11.0 Å². The Hall–Kier alpha value is -2.83. The Kier molecular flexibility index (Phi) is 4.14. The summed E-state index contributed by atoms with van der Waals surface area (Å²) in [5.74, 6) is 0.766. The van der Waals surface area contributed by atoms with Gasteiger partial charge in [0.05, 0.1) is 6.54 Å². The molecule has 3 aromatic rings. The highest BCUT2D eigenvalue weighted by atomic mass is 16.2. The van der Waals surface area contributed by atoms with Crippen molar-refractivity contribution in [2.24, 2.45) is 7.05 Å². The number of H-pyrrole nitrogens is 1. The first-order valence-corrected chi connectivity index (χ1v) is 9.06. The standard InChI is InChI=1S/C19H23N5O2/c1-13-8-6-7-11-23(13)18-20-16-15(17(25)21-19(26)22(16)2)24(18)12-14-9-4-3-5-10-14/h3-5,9-10,13H,6-8,11-12H2,1-2H3,(H,21,25,26)/t13-/m0/s1. The minimum absolute atomic E-state index is 0.353. The minimum Gasteiger partial charge on any atom is -0.339 e. The molecule has 1 saturated heterocycles. The first-order chi connectivity index (χ1) is 12.6. The molecule has 0 unspecified atom stereocenters. The first kappa shape index (κ1) is 16.6. The highest BCUT2D eigenvalue weighted by Gasteiger charge is 2.26. The summed E-state index contributed by atoms with van der Waals surface area (Å²) in [4.78, 5) is 34.0. The molecule has 0 saturated carbocycles. The molecule has 26 heavy (non-hydrogen) atoms. The fraction of sp³-hybridized carbons (Fsp3) is 0.421. The Morgan fingerprint density at radius 3 is 2.69 bits per heavy atom. The lowest BCUT2D eigenvalue weighted by Gasteiger charge is -2.34. The number of nitrogens with one attached hydrogen (secondary N) is 1. The van der Waals surface area contributed by atoms with Crippen LogP contribution in [-0.4, -0.2) is 31.7 Å². The van der Waals surface area contributed by atoms with E-state index < -0.39 is 5.69 Å². The van der Waals surface area contributed by atoms with Crippen molar-refractivity contribution in [1.29, 1.82) is 0 Å². The number of hydrogen-bond acceptors (Lipinski definition) is 4.